The average molecular weight is 370 g/mol. The highest BCUT2D eigenvalue weighted by atomic mass is 16.5. The van der Waals surface area contributed by atoms with Gasteiger partial charge in [-0.2, -0.15) is 0 Å². The molecule has 0 spiro atoms. The number of aromatic nitrogens is 1. The number of aliphatic hydroxyl groups is 1. The number of hydrogen-bond donors (Lipinski definition) is 1. The minimum absolute atomic E-state index is 0.0684. The highest BCUT2D eigenvalue weighted by molar-refractivity contribution is 5.77. The maximum absolute atomic E-state index is 13.0. The molecule has 2 unspecified atom stereocenters. The van der Waals surface area contributed by atoms with Crippen LogP contribution in [0.5, 0.6) is 5.75 Å². The SMILES string of the molecule is O=C(CC12C[C@@H]3C[C@@H](CC(O)(C3)C1)C2)N1CCC(Oc2cccnc2)CC1. The zero-order chi connectivity index (χ0) is 18.5. The maximum atomic E-state index is 13.0. The van der Waals surface area contributed by atoms with Gasteiger partial charge in [-0.25, -0.2) is 0 Å². The molecule has 4 atom stereocenters. The van der Waals surface area contributed by atoms with E-state index in [0.29, 0.717) is 24.2 Å². The Morgan fingerprint density at radius 2 is 1.96 bits per heavy atom. The van der Waals surface area contributed by atoms with Gasteiger partial charge in [-0.3, -0.25) is 9.78 Å². The zero-order valence-corrected chi connectivity index (χ0v) is 16.0. The van der Waals surface area contributed by atoms with Crippen molar-refractivity contribution in [3.05, 3.63) is 24.5 Å². The fourth-order valence-corrected chi connectivity index (χ4v) is 6.87. The molecule has 1 saturated heterocycles. The van der Waals surface area contributed by atoms with Crippen molar-refractivity contribution in [3.63, 3.8) is 0 Å². The van der Waals surface area contributed by atoms with Crippen LogP contribution >= 0.6 is 0 Å². The lowest BCUT2D eigenvalue weighted by Crippen LogP contribution is -2.57. The topological polar surface area (TPSA) is 62.7 Å². The largest absolute Gasteiger partial charge is 0.489 e. The van der Waals surface area contributed by atoms with Crippen molar-refractivity contribution in [2.75, 3.05) is 13.1 Å². The zero-order valence-electron chi connectivity index (χ0n) is 16.0. The summed E-state index contributed by atoms with van der Waals surface area (Å²) in [7, 11) is 0. The Kier molecular flexibility index (Phi) is 4.19. The van der Waals surface area contributed by atoms with Crippen molar-refractivity contribution in [2.24, 2.45) is 17.3 Å². The molecule has 146 valence electrons. The first-order valence-corrected chi connectivity index (χ1v) is 10.6. The number of carbonyl (C=O) groups excluding carboxylic acids is 1. The van der Waals surface area contributed by atoms with Crippen LogP contribution in [-0.4, -0.2) is 45.7 Å². The number of piperidine rings is 1. The highest BCUT2D eigenvalue weighted by Gasteiger charge is 2.57. The fourth-order valence-electron chi connectivity index (χ4n) is 6.87. The molecule has 2 heterocycles. The number of likely N-dealkylation sites (tertiary alicyclic amines) is 1. The minimum Gasteiger partial charge on any atom is -0.489 e. The Morgan fingerprint density at radius 3 is 2.59 bits per heavy atom. The molecule has 1 aromatic heterocycles. The predicted octanol–water partition coefficient (Wildman–Crippen LogP) is 3.17. The lowest BCUT2D eigenvalue weighted by molar-refractivity contribution is -0.172. The Hall–Kier alpha value is -1.62. The molecule has 5 fully saturated rings. The average Bonchev–Trinajstić information content (AvgIpc) is 2.60. The molecule has 6 rings (SSSR count). The van der Waals surface area contributed by atoms with Gasteiger partial charge in [0.25, 0.3) is 0 Å². The number of hydrogen-bond acceptors (Lipinski definition) is 4. The molecule has 27 heavy (non-hydrogen) atoms. The number of carbonyl (C=O) groups is 1. The van der Waals surface area contributed by atoms with E-state index in [-0.39, 0.29) is 11.5 Å². The summed E-state index contributed by atoms with van der Waals surface area (Å²) >= 11 is 0. The third-order valence-electron chi connectivity index (χ3n) is 7.41. The van der Waals surface area contributed by atoms with E-state index in [2.05, 4.69) is 4.98 Å². The molecule has 1 aromatic rings. The lowest BCUT2D eigenvalue weighted by Gasteiger charge is -2.60. The Bertz CT molecular complexity index is 685. The van der Waals surface area contributed by atoms with Crippen molar-refractivity contribution in [3.8, 4) is 5.75 Å². The van der Waals surface area contributed by atoms with Gasteiger partial charge in [-0.15, -0.1) is 0 Å². The monoisotopic (exact) mass is 370 g/mol. The van der Waals surface area contributed by atoms with Gasteiger partial charge in [0.2, 0.25) is 5.91 Å². The number of rotatable bonds is 4. The standard InChI is InChI=1S/C22H30N2O3/c25-20(13-21-9-16-8-17(10-21)12-22(26,11-16)15-21)24-6-3-18(4-7-24)27-19-2-1-5-23-14-19/h1-2,5,14,16-18,26H,3-4,6-13,15H2/t16-,17+,21?,22?. The lowest BCUT2D eigenvalue weighted by atomic mass is 9.47. The van der Waals surface area contributed by atoms with E-state index in [9.17, 15) is 9.90 Å². The summed E-state index contributed by atoms with van der Waals surface area (Å²) in [4.78, 5) is 19.2. The Labute approximate surface area is 161 Å². The quantitative estimate of drug-likeness (QED) is 0.884. The minimum atomic E-state index is -0.477. The summed E-state index contributed by atoms with van der Waals surface area (Å²) < 4.78 is 6.00. The summed E-state index contributed by atoms with van der Waals surface area (Å²) in [5.74, 6) is 2.38. The highest BCUT2D eigenvalue weighted by Crippen LogP contribution is 2.62. The van der Waals surface area contributed by atoms with Crippen LogP contribution in [-0.2, 0) is 4.79 Å². The van der Waals surface area contributed by atoms with E-state index in [1.165, 1.54) is 6.42 Å². The molecular weight excluding hydrogens is 340 g/mol. The van der Waals surface area contributed by atoms with Gasteiger partial charge >= 0.3 is 0 Å². The molecule has 0 aromatic carbocycles. The van der Waals surface area contributed by atoms with Gasteiger partial charge in [0.15, 0.2) is 0 Å². The Balaban J connectivity index is 1.17. The second kappa shape index (κ2) is 6.47. The molecule has 1 amide bonds. The van der Waals surface area contributed by atoms with Crippen LogP contribution in [0.3, 0.4) is 0 Å². The third kappa shape index (κ3) is 3.46. The van der Waals surface area contributed by atoms with Crippen molar-refractivity contribution in [1.29, 1.82) is 0 Å². The van der Waals surface area contributed by atoms with Crippen LogP contribution in [0, 0.1) is 17.3 Å². The van der Waals surface area contributed by atoms with Gasteiger partial charge in [0.1, 0.15) is 11.9 Å². The van der Waals surface area contributed by atoms with Crippen LogP contribution in [0.4, 0.5) is 0 Å². The number of nitrogens with zero attached hydrogens (tertiary/aromatic N) is 2. The third-order valence-corrected chi connectivity index (χ3v) is 7.41. The van der Waals surface area contributed by atoms with Gasteiger partial charge in [0, 0.05) is 38.5 Å². The molecule has 1 N–H and O–H groups in total. The molecule has 1 aliphatic heterocycles. The van der Waals surface area contributed by atoms with E-state index < -0.39 is 5.60 Å². The van der Waals surface area contributed by atoms with E-state index in [4.69, 9.17) is 4.74 Å². The van der Waals surface area contributed by atoms with Gasteiger partial charge in [0.05, 0.1) is 11.8 Å². The number of pyridine rings is 1. The summed E-state index contributed by atoms with van der Waals surface area (Å²) in [5.41, 5.74) is -0.409. The molecule has 5 heteroatoms. The van der Waals surface area contributed by atoms with Gasteiger partial charge in [-0.05, 0) is 67.9 Å². The van der Waals surface area contributed by atoms with Crippen LogP contribution in [0.25, 0.3) is 0 Å². The first-order valence-electron chi connectivity index (χ1n) is 10.6. The second-order valence-electron chi connectivity index (χ2n) is 9.75. The van der Waals surface area contributed by atoms with Crippen molar-refractivity contribution >= 4 is 5.91 Å². The van der Waals surface area contributed by atoms with E-state index >= 15 is 0 Å². The van der Waals surface area contributed by atoms with Gasteiger partial charge < -0.3 is 14.7 Å². The van der Waals surface area contributed by atoms with Crippen molar-refractivity contribution < 1.29 is 14.6 Å². The normalized spacial score (nSPS) is 38.2. The van der Waals surface area contributed by atoms with E-state index in [1.54, 1.807) is 12.4 Å². The fraction of sp³-hybridized carbons (Fsp3) is 0.727. The van der Waals surface area contributed by atoms with Crippen LogP contribution < -0.4 is 4.74 Å². The molecular formula is C22H30N2O3. The molecule has 4 saturated carbocycles. The van der Waals surface area contributed by atoms with E-state index in [1.807, 2.05) is 17.0 Å². The van der Waals surface area contributed by atoms with Crippen LogP contribution in [0.15, 0.2) is 24.5 Å². The first kappa shape index (κ1) is 17.5. The maximum Gasteiger partial charge on any atom is 0.223 e. The smallest absolute Gasteiger partial charge is 0.223 e. The van der Waals surface area contributed by atoms with Crippen molar-refractivity contribution in [1.82, 2.24) is 9.88 Å². The molecule has 5 nitrogen and oxygen atoms in total. The predicted molar refractivity (Wildman–Crippen MR) is 101 cm³/mol. The van der Waals surface area contributed by atoms with Gasteiger partial charge in [-0.1, -0.05) is 0 Å². The van der Waals surface area contributed by atoms with E-state index in [0.717, 1.165) is 63.8 Å². The summed E-state index contributed by atoms with van der Waals surface area (Å²) in [6, 6.07) is 3.82. The molecule has 4 aliphatic carbocycles. The van der Waals surface area contributed by atoms with Crippen LogP contribution in [0.2, 0.25) is 0 Å². The molecule has 5 aliphatic rings. The number of amides is 1. The van der Waals surface area contributed by atoms with Crippen LogP contribution in [0.1, 0.15) is 57.8 Å². The summed E-state index contributed by atoms with van der Waals surface area (Å²) in [5, 5.41) is 10.9. The number of ether oxygens (including phenoxy) is 1. The van der Waals surface area contributed by atoms with Crippen molar-refractivity contribution in [2.45, 2.75) is 69.5 Å². The molecule has 4 bridgehead atoms. The Morgan fingerprint density at radius 1 is 1.22 bits per heavy atom. The summed E-state index contributed by atoms with van der Waals surface area (Å²) in [6.07, 6.45) is 12.4. The second-order valence-corrected chi connectivity index (χ2v) is 9.75. The molecule has 0 radical (unpaired) electrons. The summed E-state index contributed by atoms with van der Waals surface area (Å²) in [6.45, 7) is 1.55. The first-order chi connectivity index (χ1) is 13.0.